The van der Waals surface area contributed by atoms with Crippen LogP contribution in [0.25, 0.3) is 0 Å². The van der Waals surface area contributed by atoms with Gasteiger partial charge in [0.25, 0.3) is 5.91 Å². The van der Waals surface area contributed by atoms with Gasteiger partial charge in [-0.2, -0.15) is 0 Å². The highest BCUT2D eigenvalue weighted by Gasteiger charge is 2.30. The van der Waals surface area contributed by atoms with E-state index in [9.17, 15) is 14.0 Å². The van der Waals surface area contributed by atoms with Gasteiger partial charge in [-0.05, 0) is 48.7 Å². The number of likely N-dealkylation sites (N-methyl/N-ethyl adjacent to an activating group) is 1. The number of amides is 2. The molecule has 3 aromatic carbocycles. The first-order valence-corrected chi connectivity index (χ1v) is 11.0. The second kappa shape index (κ2) is 11.8. The Morgan fingerprint density at radius 3 is 2.27 bits per heavy atom. The number of halogens is 1. The molecule has 0 saturated carbocycles. The summed E-state index contributed by atoms with van der Waals surface area (Å²) in [6.07, 6.45) is 0.351. The molecule has 0 saturated heterocycles. The van der Waals surface area contributed by atoms with Crippen molar-refractivity contribution in [1.82, 2.24) is 10.2 Å². The average molecular weight is 449 g/mol. The molecule has 0 radical (unpaired) electrons. The van der Waals surface area contributed by atoms with E-state index in [1.807, 2.05) is 62.4 Å². The van der Waals surface area contributed by atoms with E-state index in [0.717, 1.165) is 16.7 Å². The van der Waals surface area contributed by atoms with Gasteiger partial charge in [-0.15, -0.1) is 0 Å². The fourth-order valence-electron chi connectivity index (χ4n) is 3.57. The molecule has 0 aliphatic heterocycles. The van der Waals surface area contributed by atoms with Gasteiger partial charge in [0.1, 0.15) is 17.6 Å². The Morgan fingerprint density at radius 2 is 1.61 bits per heavy atom. The topological polar surface area (TPSA) is 58.6 Å². The minimum atomic E-state index is -0.745. The van der Waals surface area contributed by atoms with Crippen molar-refractivity contribution in [2.75, 3.05) is 13.2 Å². The number of ether oxygens (including phenoxy) is 1. The SMILES string of the molecule is CCNC(=O)[C@@H](Cc1ccccc1)N(Cc1ccc(F)cc1)C(=O)COc1ccccc1C. The lowest BCUT2D eigenvalue weighted by Gasteiger charge is -2.31. The molecule has 0 aliphatic rings. The van der Waals surface area contributed by atoms with E-state index < -0.39 is 6.04 Å². The van der Waals surface area contributed by atoms with Crippen LogP contribution in [0, 0.1) is 12.7 Å². The minimum Gasteiger partial charge on any atom is -0.484 e. The first kappa shape index (κ1) is 24.0. The van der Waals surface area contributed by atoms with Crippen LogP contribution in [0.1, 0.15) is 23.6 Å². The Morgan fingerprint density at radius 1 is 0.939 bits per heavy atom. The van der Waals surface area contributed by atoms with Crippen LogP contribution >= 0.6 is 0 Å². The van der Waals surface area contributed by atoms with Crippen molar-refractivity contribution in [1.29, 1.82) is 0 Å². The Balaban J connectivity index is 1.89. The van der Waals surface area contributed by atoms with Crippen molar-refractivity contribution in [2.45, 2.75) is 32.9 Å². The quantitative estimate of drug-likeness (QED) is 0.503. The molecule has 1 atom stereocenters. The molecule has 172 valence electrons. The summed E-state index contributed by atoms with van der Waals surface area (Å²) in [5.74, 6) is -0.309. The number of rotatable bonds is 10. The predicted octanol–water partition coefficient (Wildman–Crippen LogP) is 4.29. The van der Waals surface area contributed by atoms with Crippen LogP contribution in [-0.2, 0) is 22.6 Å². The lowest BCUT2D eigenvalue weighted by molar-refractivity contribution is -0.142. The predicted molar refractivity (Wildman–Crippen MR) is 126 cm³/mol. The highest BCUT2D eigenvalue weighted by Crippen LogP contribution is 2.18. The van der Waals surface area contributed by atoms with E-state index in [1.54, 1.807) is 18.2 Å². The number of benzene rings is 3. The third-order valence-corrected chi connectivity index (χ3v) is 5.33. The summed E-state index contributed by atoms with van der Waals surface area (Å²) in [4.78, 5) is 28.0. The number of carbonyl (C=O) groups excluding carboxylic acids is 2. The smallest absolute Gasteiger partial charge is 0.261 e. The molecule has 0 fully saturated rings. The molecule has 5 nitrogen and oxygen atoms in total. The van der Waals surface area contributed by atoms with Gasteiger partial charge in [-0.1, -0.05) is 60.7 Å². The minimum absolute atomic E-state index is 0.158. The second-order valence-corrected chi connectivity index (χ2v) is 7.80. The summed E-state index contributed by atoms with van der Waals surface area (Å²) < 4.78 is 19.2. The number of carbonyl (C=O) groups is 2. The summed E-state index contributed by atoms with van der Waals surface area (Å²) in [7, 11) is 0. The normalized spacial score (nSPS) is 11.5. The van der Waals surface area contributed by atoms with Crippen molar-refractivity contribution in [3.05, 3.63) is 101 Å². The second-order valence-electron chi connectivity index (χ2n) is 7.80. The van der Waals surface area contributed by atoms with Crippen LogP contribution in [0.5, 0.6) is 5.75 Å². The Labute approximate surface area is 194 Å². The third-order valence-electron chi connectivity index (χ3n) is 5.33. The standard InChI is InChI=1S/C27H29FN2O3/c1-3-29-27(32)24(17-21-10-5-4-6-11-21)30(18-22-13-15-23(28)16-14-22)26(31)19-33-25-12-8-7-9-20(25)2/h4-16,24H,3,17-19H2,1-2H3,(H,29,32)/t24-/m1/s1. The lowest BCUT2D eigenvalue weighted by atomic mass is 10.0. The summed E-state index contributed by atoms with van der Waals surface area (Å²) in [5.41, 5.74) is 2.58. The summed E-state index contributed by atoms with van der Waals surface area (Å²) >= 11 is 0. The van der Waals surface area contributed by atoms with Gasteiger partial charge in [0.15, 0.2) is 6.61 Å². The molecule has 1 N–H and O–H groups in total. The van der Waals surface area contributed by atoms with Gasteiger partial charge >= 0.3 is 0 Å². The van der Waals surface area contributed by atoms with Crippen LogP contribution < -0.4 is 10.1 Å². The first-order chi connectivity index (χ1) is 16.0. The van der Waals surface area contributed by atoms with Gasteiger partial charge in [-0.3, -0.25) is 9.59 Å². The largest absolute Gasteiger partial charge is 0.484 e. The highest BCUT2D eigenvalue weighted by atomic mass is 19.1. The Hall–Kier alpha value is -3.67. The number of hydrogen-bond acceptors (Lipinski definition) is 3. The molecular weight excluding hydrogens is 419 g/mol. The van der Waals surface area contributed by atoms with E-state index in [4.69, 9.17) is 4.74 Å². The summed E-state index contributed by atoms with van der Waals surface area (Å²) in [5, 5.41) is 2.85. The molecule has 6 heteroatoms. The van der Waals surface area contributed by atoms with E-state index >= 15 is 0 Å². The molecule has 2 amide bonds. The monoisotopic (exact) mass is 448 g/mol. The zero-order valence-electron chi connectivity index (χ0n) is 19.0. The van der Waals surface area contributed by atoms with E-state index in [2.05, 4.69) is 5.32 Å². The van der Waals surface area contributed by atoms with E-state index in [1.165, 1.54) is 17.0 Å². The molecular formula is C27H29FN2O3. The molecule has 0 spiro atoms. The Kier molecular flexibility index (Phi) is 8.58. The molecule has 0 aliphatic carbocycles. The maximum Gasteiger partial charge on any atom is 0.261 e. The first-order valence-electron chi connectivity index (χ1n) is 11.0. The van der Waals surface area contributed by atoms with Crippen molar-refractivity contribution in [3.8, 4) is 5.75 Å². The van der Waals surface area contributed by atoms with Gasteiger partial charge < -0.3 is 15.0 Å². The van der Waals surface area contributed by atoms with Crippen molar-refractivity contribution >= 4 is 11.8 Å². The number of para-hydroxylation sites is 1. The molecule has 0 heterocycles. The van der Waals surface area contributed by atoms with Crippen LogP contribution in [0.2, 0.25) is 0 Å². The third kappa shape index (κ3) is 6.91. The lowest BCUT2D eigenvalue weighted by Crippen LogP contribution is -2.51. The molecule has 3 aromatic rings. The molecule has 33 heavy (non-hydrogen) atoms. The maximum absolute atomic E-state index is 13.4. The Bertz CT molecular complexity index is 1050. The van der Waals surface area contributed by atoms with Gasteiger partial charge in [-0.25, -0.2) is 4.39 Å². The molecule has 0 unspecified atom stereocenters. The zero-order chi connectivity index (χ0) is 23.6. The average Bonchev–Trinajstić information content (AvgIpc) is 2.82. The van der Waals surface area contributed by atoms with E-state index in [0.29, 0.717) is 18.7 Å². The fraction of sp³-hybridized carbons (Fsp3) is 0.259. The zero-order valence-corrected chi connectivity index (χ0v) is 19.0. The summed E-state index contributed by atoms with van der Waals surface area (Å²) in [6.45, 7) is 4.14. The van der Waals surface area contributed by atoms with Crippen molar-refractivity contribution < 1.29 is 18.7 Å². The number of aryl methyl sites for hydroxylation is 1. The number of hydrogen-bond donors (Lipinski definition) is 1. The van der Waals surface area contributed by atoms with Gasteiger partial charge in [0, 0.05) is 19.5 Å². The molecule has 0 aromatic heterocycles. The van der Waals surface area contributed by atoms with Crippen LogP contribution in [-0.4, -0.2) is 35.9 Å². The van der Waals surface area contributed by atoms with Crippen LogP contribution in [0.3, 0.4) is 0 Å². The van der Waals surface area contributed by atoms with E-state index in [-0.39, 0.29) is 30.8 Å². The van der Waals surface area contributed by atoms with Gasteiger partial charge in [0.05, 0.1) is 0 Å². The summed E-state index contributed by atoms with van der Waals surface area (Å²) in [6, 6.07) is 22.2. The fourth-order valence-corrected chi connectivity index (χ4v) is 3.57. The maximum atomic E-state index is 13.4. The van der Waals surface area contributed by atoms with Crippen molar-refractivity contribution in [3.63, 3.8) is 0 Å². The van der Waals surface area contributed by atoms with Crippen LogP contribution in [0.15, 0.2) is 78.9 Å². The highest BCUT2D eigenvalue weighted by molar-refractivity contribution is 5.88. The van der Waals surface area contributed by atoms with Crippen LogP contribution in [0.4, 0.5) is 4.39 Å². The van der Waals surface area contributed by atoms with Gasteiger partial charge in [0.2, 0.25) is 5.91 Å². The number of nitrogens with zero attached hydrogens (tertiary/aromatic N) is 1. The number of nitrogens with one attached hydrogen (secondary N) is 1. The molecule has 3 rings (SSSR count). The van der Waals surface area contributed by atoms with Crippen molar-refractivity contribution in [2.24, 2.45) is 0 Å². The molecule has 0 bridgehead atoms.